The molecule has 1 saturated heterocycles. The predicted octanol–water partition coefficient (Wildman–Crippen LogP) is 3.29. The van der Waals surface area contributed by atoms with Crippen molar-refractivity contribution in [2.45, 2.75) is 38.0 Å². The van der Waals surface area contributed by atoms with E-state index in [4.69, 9.17) is 0 Å². The maximum absolute atomic E-state index is 15.5. The molecule has 2 fully saturated rings. The number of likely N-dealkylation sites (tertiary alicyclic amines) is 1. The summed E-state index contributed by atoms with van der Waals surface area (Å²) in [6, 6.07) is 8.78. The van der Waals surface area contributed by atoms with Crippen molar-refractivity contribution in [3.63, 3.8) is 0 Å². The fourth-order valence-electron chi connectivity index (χ4n) is 5.70. The maximum atomic E-state index is 15.5. The van der Waals surface area contributed by atoms with Crippen LogP contribution in [0.3, 0.4) is 0 Å². The zero-order valence-electron chi connectivity index (χ0n) is 18.2. The molecule has 1 aliphatic heterocycles. The molecule has 0 radical (unpaired) electrons. The quantitative estimate of drug-likeness (QED) is 0.696. The molecule has 1 aromatic carbocycles. The smallest absolute Gasteiger partial charge is 0.151 e. The average Bonchev–Trinajstić information content (AvgIpc) is 3.40. The standard InChI is InChI=1S/C23H27FN6O/c1-22-12-23(2,28(3)13-22)20(24)21(22)29(4)19-8-7-17(26-27-19)16-6-5-15(11-18(16)31)30-10-9-25-14-30/h5-11,14,20-21,31H,12-13H2,1-4H3/t20-,21+,22-,23-/m1/s1. The summed E-state index contributed by atoms with van der Waals surface area (Å²) in [4.78, 5) is 8.10. The summed E-state index contributed by atoms with van der Waals surface area (Å²) in [5.74, 6) is 0.743. The van der Waals surface area contributed by atoms with E-state index in [1.54, 1.807) is 18.6 Å². The zero-order chi connectivity index (χ0) is 22.0. The van der Waals surface area contributed by atoms with Gasteiger partial charge in [-0.1, -0.05) is 6.92 Å². The molecule has 1 N–H and O–H groups in total. The van der Waals surface area contributed by atoms with Gasteiger partial charge in [0, 0.05) is 43.0 Å². The highest BCUT2D eigenvalue weighted by atomic mass is 19.1. The van der Waals surface area contributed by atoms with Gasteiger partial charge in [0.1, 0.15) is 11.9 Å². The number of hydrogen-bond acceptors (Lipinski definition) is 6. The van der Waals surface area contributed by atoms with Crippen LogP contribution >= 0.6 is 0 Å². The summed E-state index contributed by atoms with van der Waals surface area (Å²) in [6.45, 7) is 5.04. The van der Waals surface area contributed by atoms with Crippen LogP contribution in [0.2, 0.25) is 0 Å². The average molecular weight is 423 g/mol. The first-order valence-electron chi connectivity index (χ1n) is 10.5. The van der Waals surface area contributed by atoms with E-state index in [1.807, 2.05) is 60.9 Å². The fraction of sp³-hybridized carbons (Fsp3) is 0.435. The van der Waals surface area contributed by atoms with Gasteiger partial charge in [-0.05, 0) is 44.7 Å². The first-order valence-corrected chi connectivity index (χ1v) is 10.5. The first kappa shape index (κ1) is 19.9. The second-order valence-electron chi connectivity index (χ2n) is 9.45. The van der Waals surface area contributed by atoms with E-state index in [0.717, 1.165) is 18.7 Å². The number of alkyl halides is 1. The molecular weight excluding hydrogens is 395 g/mol. The Labute approximate surface area is 181 Å². The number of fused-ring (bicyclic) bond motifs is 2. The van der Waals surface area contributed by atoms with Crippen LogP contribution in [0.5, 0.6) is 5.75 Å². The lowest BCUT2D eigenvalue weighted by Gasteiger charge is -2.45. The van der Waals surface area contributed by atoms with Crippen molar-refractivity contribution in [1.29, 1.82) is 0 Å². The summed E-state index contributed by atoms with van der Waals surface area (Å²) in [5.41, 5.74) is 1.38. The third kappa shape index (κ3) is 2.92. The number of nitrogens with zero attached hydrogens (tertiary/aromatic N) is 6. The molecule has 7 nitrogen and oxygen atoms in total. The molecule has 0 spiro atoms. The lowest BCUT2D eigenvalue weighted by molar-refractivity contribution is 0.0410. The predicted molar refractivity (Wildman–Crippen MR) is 117 cm³/mol. The molecule has 31 heavy (non-hydrogen) atoms. The third-order valence-electron chi connectivity index (χ3n) is 7.31. The lowest BCUT2D eigenvalue weighted by Crippen LogP contribution is -2.59. The van der Waals surface area contributed by atoms with Gasteiger partial charge in [-0.3, -0.25) is 4.90 Å². The van der Waals surface area contributed by atoms with Crippen molar-refractivity contribution in [1.82, 2.24) is 24.6 Å². The van der Waals surface area contributed by atoms with Crippen molar-refractivity contribution in [2.75, 3.05) is 25.5 Å². The topological polar surface area (TPSA) is 70.3 Å². The highest BCUT2D eigenvalue weighted by Crippen LogP contribution is 2.56. The Hall–Kier alpha value is -3.00. The summed E-state index contributed by atoms with van der Waals surface area (Å²) >= 11 is 0. The van der Waals surface area contributed by atoms with Crippen molar-refractivity contribution in [3.05, 3.63) is 49.1 Å². The van der Waals surface area contributed by atoms with Crippen molar-refractivity contribution >= 4 is 5.82 Å². The molecule has 3 heterocycles. The number of rotatable bonds is 4. The normalized spacial score (nSPS) is 30.1. The fourth-order valence-corrected chi connectivity index (χ4v) is 5.70. The summed E-state index contributed by atoms with van der Waals surface area (Å²) in [6.07, 6.45) is 5.02. The number of imidazole rings is 1. The number of aromatic nitrogens is 4. The summed E-state index contributed by atoms with van der Waals surface area (Å²) < 4.78 is 17.3. The van der Waals surface area contributed by atoms with E-state index in [2.05, 4.69) is 27.0 Å². The van der Waals surface area contributed by atoms with Crippen LogP contribution < -0.4 is 4.90 Å². The molecular formula is C23H27FN6O. The number of phenolic OH excluding ortho intramolecular Hbond substituents is 1. The highest BCUT2D eigenvalue weighted by Gasteiger charge is 2.66. The molecule has 2 bridgehead atoms. The second kappa shape index (κ2) is 6.75. The van der Waals surface area contributed by atoms with Gasteiger partial charge in [0.05, 0.1) is 29.3 Å². The molecule has 162 valence electrons. The minimum absolute atomic E-state index is 0.113. The van der Waals surface area contributed by atoms with Gasteiger partial charge in [0.15, 0.2) is 5.82 Å². The van der Waals surface area contributed by atoms with Gasteiger partial charge in [-0.25, -0.2) is 9.37 Å². The van der Waals surface area contributed by atoms with Crippen LogP contribution in [0.1, 0.15) is 20.3 Å². The third-order valence-corrected chi connectivity index (χ3v) is 7.31. The highest BCUT2D eigenvalue weighted by molar-refractivity contribution is 5.69. The lowest BCUT2D eigenvalue weighted by atomic mass is 9.84. The van der Waals surface area contributed by atoms with Crippen LogP contribution in [-0.4, -0.2) is 68.1 Å². The number of aromatic hydroxyl groups is 1. The van der Waals surface area contributed by atoms with E-state index in [-0.39, 0.29) is 17.2 Å². The Morgan fingerprint density at radius 3 is 2.58 bits per heavy atom. The molecule has 1 aliphatic carbocycles. The van der Waals surface area contributed by atoms with Crippen molar-refractivity contribution in [2.24, 2.45) is 5.41 Å². The molecule has 2 aliphatic rings. The zero-order valence-corrected chi connectivity index (χ0v) is 18.2. The number of benzene rings is 1. The SMILES string of the molecule is CN(c1ccc(-c2ccc(-n3ccnc3)cc2O)nn1)[C@H]1[C@@H](F)[C@@]2(C)C[C@]1(C)CN2C. The largest absolute Gasteiger partial charge is 0.507 e. The number of hydrogen-bond donors (Lipinski definition) is 1. The van der Waals surface area contributed by atoms with Gasteiger partial charge >= 0.3 is 0 Å². The summed E-state index contributed by atoms with van der Waals surface area (Å²) in [7, 11) is 3.90. The van der Waals surface area contributed by atoms with E-state index in [1.165, 1.54) is 0 Å². The number of piperidine rings is 1. The number of phenols is 1. The molecule has 4 atom stereocenters. The van der Waals surface area contributed by atoms with E-state index < -0.39 is 11.7 Å². The van der Waals surface area contributed by atoms with Crippen LogP contribution in [0, 0.1) is 5.41 Å². The van der Waals surface area contributed by atoms with Crippen LogP contribution in [0.25, 0.3) is 16.9 Å². The molecule has 8 heteroatoms. The molecule has 0 unspecified atom stereocenters. The molecule has 2 aromatic heterocycles. The van der Waals surface area contributed by atoms with Gasteiger partial charge < -0.3 is 14.6 Å². The Balaban J connectivity index is 1.40. The van der Waals surface area contributed by atoms with Gasteiger partial charge in [0.2, 0.25) is 0 Å². The van der Waals surface area contributed by atoms with Gasteiger partial charge in [0.25, 0.3) is 0 Å². The molecule has 0 amide bonds. The Kier molecular flexibility index (Phi) is 4.34. The molecule has 3 aromatic rings. The van der Waals surface area contributed by atoms with Crippen LogP contribution in [0.15, 0.2) is 49.1 Å². The monoisotopic (exact) mass is 422 g/mol. The minimum atomic E-state index is -0.970. The number of halogens is 1. The maximum Gasteiger partial charge on any atom is 0.151 e. The van der Waals surface area contributed by atoms with E-state index in [9.17, 15) is 5.11 Å². The van der Waals surface area contributed by atoms with Gasteiger partial charge in [-0.15, -0.1) is 10.2 Å². The number of anilines is 1. The summed E-state index contributed by atoms with van der Waals surface area (Å²) in [5, 5.41) is 19.2. The second-order valence-corrected chi connectivity index (χ2v) is 9.45. The van der Waals surface area contributed by atoms with Crippen LogP contribution in [0.4, 0.5) is 10.2 Å². The molecule has 5 rings (SSSR count). The van der Waals surface area contributed by atoms with Crippen molar-refractivity contribution < 1.29 is 9.50 Å². The molecule has 1 saturated carbocycles. The Morgan fingerprint density at radius 1 is 1.19 bits per heavy atom. The van der Waals surface area contributed by atoms with E-state index >= 15 is 4.39 Å². The van der Waals surface area contributed by atoms with Crippen molar-refractivity contribution in [3.8, 4) is 22.7 Å². The Bertz CT molecular complexity index is 1100. The Morgan fingerprint density at radius 2 is 2.00 bits per heavy atom. The van der Waals surface area contributed by atoms with Gasteiger partial charge in [-0.2, -0.15) is 0 Å². The van der Waals surface area contributed by atoms with E-state index in [0.29, 0.717) is 17.1 Å². The first-order chi connectivity index (χ1) is 14.7. The van der Waals surface area contributed by atoms with Crippen LogP contribution in [-0.2, 0) is 0 Å². The minimum Gasteiger partial charge on any atom is -0.507 e.